The van der Waals surface area contributed by atoms with Crippen LogP contribution in [0.25, 0.3) is 5.82 Å². The molecule has 6 heteroatoms. The molecule has 2 aromatic heterocycles. The van der Waals surface area contributed by atoms with E-state index in [-0.39, 0.29) is 0 Å². The predicted molar refractivity (Wildman–Crippen MR) is 65.4 cm³/mol. The van der Waals surface area contributed by atoms with Crippen molar-refractivity contribution in [1.29, 1.82) is 0 Å². The number of nitrogens with two attached hydrogens (primary N) is 1. The normalized spacial score (nSPS) is 10.7. The van der Waals surface area contributed by atoms with Crippen LogP contribution >= 0.6 is 15.9 Å². The van der Waals surface area contributed by atoms with E-state index in [9.17, 15) is 0 Å². The molecule has 2 N–H and O–H groups in total. The summed E-state index contributed by atoms with van der Waals surface area (Å²) < 4.78 is 2.41. The van der Waals surface area contributed by atoms with E-state index < -0.39 is 0 Å². The third-order valence-electron chi connectivity index (χ3n) is 2.17. The van der Waals surface area contributed by atoms with E-state index in [1.54, 1.807) is 10.9 Å². The van der Waals surface area contributed by atoms with Gasteiger partial charge in [-0.1, -0.05) is 6.92 Å². The zero-order chi connectivity index (χ0) is 11.7. The van der Waals surface area contributed by atoms with Gasteiger partial charge in [-0.3, -0.25) is 0 Å². The number of hydrogen-bond acceptors (Lipinski definition) is 4. The first kappa shape index (κ1) is 11.1. The summed E-state index contributed by atoms with van der Waals surface area (Å²) in [6.07, 6.45) is 2.66. The molecule has 0 radical (unpaired) electrons. The van der Waals surface area contributed by atoms with Gasteiger partial charge in [0, 0.05) is 18.0 Å². The van der Waals surface area contributed by atoms with Crippen LogP contribution in [0.5, 0.6) is 0 Å². The summed E-state index contributed by atoms with van der Waals surface area (Å²) in [5.41, 5.74) is 6.66. The van der Waals surface area contributed by atoms with Crippen molar-refractivity contribution in [3.8, 4) is 5.82 Å². The molecule has 0 bridgehead atoms. The quantitative estimate of drug-likeness (QED) is 0.913. The van der Waals surface area contributed by atoms with Gasteiger partial charge >= 0.3 is 0 Å². The Balaban J connectivity index is 2.50. The average Bonchev–Trinajstić information content (AvgIpc) is 2.58. The van der Waals surface area contributed by atoms with E-state index in [4.69, 9.17) is 5.73 Å². The van der Waals surface area contributed by atoms with Crippen LogP contribution in [0.2, 0.25) is 0 Å². The van der Waals surface area contributed by atoms with E-state index >= 15 is 0 Å². The number of anilines is 1. The zero-order valence-electron chi connectivity index (χ0n) is 9.11. The van der Waals surface area contributed by atoms with Crippen molar-refractivity contribution < 1.29 is 0 Å². The smallest absolute Gasteiger partial charge is 0.160 e. The van der Waals surface area contributed by atoms with Crippen LogP contribution in [-0.4, -0.2) is 19.7 Å². The largest absolute Gasteiger partial charge is 0.381 e. The first-order chi connectivity index (χ1) is 7.60. The molecule has 2 aromatic rings. The fraction of sp³-hybridized carbons (Fsp3) is 0.300. The van der Waals surface area contributed by atoms with Gasteiger partial charge in [0.2, 0.25) is 0 Å². The highest BCUT2D eigenvalue weighted by atomic mass is 79.9. The summed E-state index contributed by atoms with van der Waals surface area (Å²) >= 11 is 3.32. The summed E-state index contributed by atoms with van der Waals surface area (Å²) in [6.45, 7) is 3.92. The fourth-order valence-electron chi connectivity index (χ4n) is 1.39. The Kier molecular flexibility index (Phi) is 2.91. The maximum atomic E-state index is 5.66. The van der Waals surface area contributed by atoms with Crippen LogP contribution in [0.15, 0.2) is 16.7 Å². The zero-order valence-corrected chi connectivity index (χ0v) is 10.7. The minimum Gasteiger partial charge on any atom is -0.381 e. The standard InChI is InChI=1S/C10H12BrN5/c1-3-7-4-9(14-6(2)13-7)16-5-8(11)10(12)15-16/h4-5H,3H2,1-2H3,(H2,12,15). The van der Waals surface area contributed by atoms with Gasteiger partial charge < -0.3 is 5.73 Å². The minimum atomic E-state index is 0.453. The lowest BCUT2D eigenvalue weighted by molar-refractivity contribution is 0.817. The van der Waals surface area contributed by atoms with Crippen molar-refractivity contribution in [2.75, 3.05) is 5.73 Å². The monoisotopic (exact) mass is 281 g/mol. The molecule has 0 fully saturated rings. The van der Waals surface area contributed by atoms with E-state index in [0.29, 0.717) is 5.82 Å². The molecule has 5 nitrogen and oxygen atoms in total. The average molecular weight is 282 g/mol. The third-order valence-corrected chi connectivity index (χ3v) is 2.78. The van der Waals surface area contributed by atoms with Crippen molar-refractivity contribution in [3.05, 3.63) is 28.3 Å². The Bertz CT molecular complexity index is 500. The number of aryl methyl sites for hydroxylation is 2. The third kappa shape index (κ3) is 2.06. The molecule has 0 saturated carbocycles. The Morgan fingerprint density at radius 2 is 2.19 bits per heavy atom. The molecule has 0 amide bonds. The SMILES string of the molecule is CCc1cc(-n2cc(Br)c(N)n2)nc(C)n1. The van der Waals surface area contributed by atoms with Gasteiger partial charge in [0.1, 0.15) is 5.82 Å². The molecule has 0 aliphatic carbocycles. The van der Waals surface area contributed by atoms with Gasteiger partial charge in [0.25, 0.3) is 0 Å². The van der Waals surface area contributed by atoms with Crippen molar-refractivity contribution in [2.24, 2.45) is 0 Å². The molecule has 84 valence electrons. The van der Waals surface area contributed by atoms with Crippen molar-refractivity contribution in [1.82, 2.24) is 19.7 Å². The number of nitrogen functional groups attached to an aromatic ring is 1. The lowest BCUT2D eigenvalue weighted by Gasteiger charge is -2.03. The molecule has 0 saturated heterocycles. The highest BCUT2D eigenvalue weighted by molar-refractivity contribution is 9.10. The summed E-state index contributed by atoms with van der Waals surface area (Å²) in [5.74, 6) is 1.93. The number of nitrogens with zero attached hydrogens (tertiary/aromatic N) is 4. The second kappa shape index (κ2) is 4.21. The summed E-state index contributed by atoms with van der Waals surface area (Å²) in [4.78, 5) is 8.63. The lowest BCUT2D eigenvalue weighted by atomic mass is 10.3. The van der Waals surface area contributed by atoms with Gasteiger partial charge in [0.05, 0.1) is 4.47 Å². The first-order valence-corrected chi connectivity index (χ1v) is 5.75. The summed E-state index contributed by atoms with van der Waals surface area (Å²) in [6, 6.07) is 1.91. The molecule has 0 atom stereocenters. The topological polar surface area (TPSA) is 69.6 Å². The van der Waals surface area contributed by atoms with Crippen LogP contribution in [-0.2, 0) is 6.42 Å². The number of rotatable bonds is 2. The summed E-state index contributed by atoms with van der Waals surface area (Å²) in [7, 11) is 0. The van der Waals surface area contributed by atoms with E-state index in [1.807, 2.05) is 13.0 Å². The number of halogens is 1. The van der Waals surface area contributed by atoms with Crippen molar-refractivity contribution >= 4 is 21.7 Å². The Labute approximate surface area is 102 Å². The molecule has 2 rings (SSSR count). The molecule has 0 aromatic carbocycles. The molecular formula is C10H12BrN5. The van der Waals surface area contributed by atoms with Gasteiger partial charge in [-0.15, -0.1) is 5.10 Å². The Hall–Kier alpha value is -1.43. The second-order valence-electron chi connectivity index (χ2n) is 3.43. The predicted octanol–water partition coefficient (Wildman–Crippen LogP) is 1.88. The fourth-order valence-corrected chi connectivity index (χ4v) is 1.67. The number of hydrogen-bond donors (Lipinski definition) is 1. The van der Waals surface area contributed by atoms with Crippen LogP contribution in [0.4, 0.5) is 5.82 Å². The van der Waals surface area contributed by atoms with Gasteiger partial charge in [-0.2, -0.15) is 0 Å². The maximum absolute atomic E-state index is 5.66. The maximum Gasteiger partial charge on any atom is 0.160 e. The van der Waals surface area contributed by atoms with E-state index in [1.165, 1.54) is 0 Å². The van der Waals surface area contributed by atoms with Crippen LogP contribution < -0.4 is 5.73 Å². The van der Waals surface area contributed by atoms with Gasteiger partial charge in [-0.05, 0) is 29.3 Å². The Morgan fingerprint density at radius 1 is 1.44 bits per heavy atom. The first-order valence-electron chi connectivity index (χ1n) is 4.95. The lowest BCUT2D eigenvalue weighted by Crippen LogP contribution is -2.04. The second-order valence-corrected chi connectivity index (χ2v) is 4.28. The molecule has 0 spiro atoms. The Morgan fingerprint density at radius 3 is 2.75 bits per heavy atom. The highest BCUT2D eigenvalue weighted by Gasteiger charge is 2.07. The number of aromatic nitrogens is 4. The van der Waals surface area contributed by atoms with Crippen LogP contribution in [0, 0.1) is 6.92 Å². The molecular weight excluding hydrogens is 270 g/mol. The van der Waals surface area contributed by atoms with Gasteiger partial charge in [-0.25, -0.2) is 14.6 Å². The summed E-state index contributed by atoms with van der Waals surface area (Å²) in [5, 5.41) is 4.15. The minimum absolute atomic E-state index is 0.453. The molecule has 2 heterocycles. The van der Waals surface area contributed by atoms with E-state index in [2.05, 4.69) is 37.9 Å². The van der Waals surface area contributed by atoms with Gasteiger partial charge in [0.15, 0.2) is 11.6 Å². The van der Waals surface area contributed by atoms with Crippen molar-refractivity contribution in [3.63, 3.8) is 0 Å². The highest BCUT2D eigenvalue weighted by Crippen LogP contribution is 2.18. The van der Waals surface area contributed by atoms with Crippen molar-refractivity contribution in [2.45, 2.75) is 20.3 Å². The van der Waals surface area contributed by atoms with E-state index in [0.717, 1.165) is 28.2 Å². The molecule has 0 aliphatic rings. The molecule has 0 unspecified atom stereocenters. The molecule has 16 heavy (non-hydrogen) atoms. The van der Waals surface area contributed by atoms with Crippen LogP contribution in [0.3, 0.4) is 0 Å². The molecule has 0 aliphatic heterocycles. The van der Waals surface area contributed by atoms with Crippen LogP contribution in [0.1, 0.15) is 18.4 Å².